The lowest BCUT2D eigenvalue weighted by molar-refractivity contribution is 0.0911. The number of carbonyl (C=O) groups is 1. The number of Topliss-reactive ketones (excluding diaryl/α,β-unsaturated/α-hetero) is 1. The van der Waals surface area contributed by atoms with Crippen LogP contribution < -0.4 is 5.32 Å². The molecule has 0 spiro atoms. The molecule has 35 heavy (non-hydrogen) atoms. The number of hydrogen-bond acceptors (Lipinski definition) is 3. The molecule has 2 N–H and O–H groups in total. The van der Waals surface area contributed by atoms with Gasteiger partial charge in [-0.1, -0.05) is 74.5 Å². The summed E-state index contributed by atoms with van der Waals surface area (Å²) in [7, 11) is 0. The molecule has 5 rings (SSSR count). The van der Waals surface area contributed by atoms with Crippen LogP contribution in [0.15, 0.2) is 79.0 Å². The number of carbonyl (C=O) groups excluding carboxylic acids is 1. The molecule has 0 amide bonds. The van der Waals surface area contributed by atoms with Gasteiger partial charge in [-0.3, -0.25) is 4.79 Å². The minimum atomic E-state index is -0.0278. The smallest absolute Gasteiger partial charge is 0.165 e. The summed E-state index contributed by atoms with van der Waals surface area (Å²) >= 11 is 0. The van der Waals surface area contributed by atoms with E-state index in [1.165, 1.54) is 11.1 Å². The van der Waals surface area contributed by atoms with E-state index in [4.69, 9.17) is 0 Å². The van der Waals surface area contributed by atoms with Crippen LogP contribution in [0.25, 0.3) is 11.3 Å². The van der Waals surface area contributed by atoms with Crippen molar-refractivity contribution in [1.82, 2.24) is 9.97 Å². The number of aromatic amines is 1. The molecule has 2 aromatic heterocycles. The predicted octanol–water partition coefficient (Wildman–Crippen LogP) is 6.87. The minimum Gasteiger partial charge on any atom is -0.370 e. The van der Waals surface area contributed by atoms with E-state index in [9.17, 15) is 4.79 Å². The number of H-pyrrole nitrogens is 1. The monoisotopic (exact) mass is 463 g/mol. The van der Waals surface area contributed by atoms with Gasteiger partial charge in [0.25, 0.3) is 0 Å². The summed E-state index contributed by atoms with van der Waals surface area (Å²) in [5.41, 5.74) is 7.72. The first-order chi connectivity index (χ1) is 17.0. The van der Waals surface area contributed by atoms with Crippen LogP contribution in [-0.4, -0.2) is 22.3 Å². The molecule has 0 fully saturated rings. The second-order valence-corrected chi connectivity index (χ2v) is 10.4. The van der Waals surface area contributed by atoms with Gasteiger partial charge < -0.3 is 10.3 Å². The van der Waals surface area contributed by atoms with Crippen LogP contribution in [0.4, 0.5) is 5.82 Å². The molecule has 2 heterocycles. The number of benzene rings is 2. The van der Waals surface area contributed by atoms with Crippen LogP contribution in [0.3, 0.4) is 0 Å². The second-order valence-electron chi connectivity index (χ2n) is 10.4. The normalized spacial score (nSPS) is 14.5. The first kappa shape index (κ1) is 23.1. The summed E-state index contributed by atoms with van der Waals surface area (Å²) < 4.78 is 0. The van der Waals surface area contributed by atoms with Crippen molar-refractivity contribution < 1.29 is 4.79 Å². The number of nitrogens with one attached hydrogen (secondary N) is 2. The van der Waals surface area contributed by atoms with Gasteiger partial charge in [-0.05, 0) is 53.5 Å². The van der Waals surface area contributed by atoms with Gasteiger partial charge in [0.05, 0.1) is 5.69 Å². The van der Waals surface area contributed by atoms with Crippen molar-refractivity contribution in [1.29, 1.82) is 0 Å². The maximum atomic E-state index is 13.3. The molecule has 2 aromatic carbocycles. The van der Waals surface area contributed by atoms with E-state index in [-0.39, 0.29) is 11.2 Å². The zero-order chi connectivity index (χ0) is 24.3. The molecule has 0 aliphatic heterocycles. The average Bonchev–Trinajstić information content (AvgIpc) is 3.20. The van der Waals surface area contributed by atoms with Gasteiger partial charge in [0.1, 0.15) is 5.82 Å². The van der Waals surface area contributed by atoms with E-state index in [2.05, 4.69) is 89.8 Å². The summed E-state index contributed by atoms with van der Waals surface area (Å²) in [4.78, 5) is 21.5. The Bertz CT molecular complexity index is 1310. The molecular formula is C31H33N3O. The number of anilines is 1. The molecule has 4 nitrogen and oxygen atoms in total. The Morgan fingerprint density at radius 1 is 0.943 bits per heavy atom. The highest BCUT2D eigenvalue weighted by Crippen LogP contribution is 2.40. The maximum Gasteiger partial charge on any atom is 0.165 e. The van der Waals surface area contributed by atoms with Gasteiger partial charge in [0.15, 0.2) is 5.78 Å². The first-order valence-corrected chi connectivity index (χ1v) is 12.5. The number of hydrogen-bond donors (Lipinski definition) is 2. The number of rotatable bonds is 8. The number of aryl methyl sites for hydroxylation is 1. The highest BCUT2D eigenvalue weighted by atomic mass is 16.1. The van der Waals surface area contributed by atoms with Crippen molar-refractivity contribution in [2.75, 3.05) is 11.9 Å². The molecule has 0 radical (unpaired) electrons. The number of fused-ring (bicyclic) bond motifs is 1. The third kappa shape index (κ3) is 5.37. The van der Waals surface area contributed by atoms with Crippen molar-refractivity contribution in [3.8, 4) is 11.3 Å². The fourth-order valence-electron chi connectivity index (χ4n) is 5.19. The van der Waals surface area contributed by atoms with Gasteiger partial charge >= 0.3 is 0 Å². The molecule has 1 aliphatic carbocycles. The van der Waals surface area contributed by atoms with Gasteiger partial charge in [0.2, 0.25) is 0 Å². The van der Waals surface area contributed by atoms with E-state index in [0.29, 0.717) is 6.42 Å². The molecule has 1 aliphatic rings. The zero-order valence-electron chi connectivity index (χ0n) is 20.6. The number of nitrogens with zero attached hydrogens (tertiary/aromatic N) is 1. The molecule has 0 saturated carbocycles. The van der Waals surface area contributed by atoms with Crippen LogP contribution in [-0.2, 0) is 19.3 Å². The quantitative estimate of drug-likeness (QED) is 0.280. The number of pyridine rings is 1. The number of ketones is 1. The summed E-state index contributed by atoms with van der Waals surface area (Å²) in [6.45, 7) is 5.21. The third-order valence-electron chi connectivity index (χ3n) is 6.82. The summed E-state index contributed by atoms with van der Waals surface area (Å²) in [6.07, 6.45) is 6.13. The zero-order valence-corrected chi connectivity index (χ0v) is 20.6. The molecule has 0 bridgehead atoms. The van der Waals surface area contributed by atoms with Crippen molar-refractivity contribution >= 4 is 11.6 Å². The van der Waals surface area contributed by atoms with Gasteiger partial charge in [-0.2, -0.15) is 0 Å². The van der Waals surface area contributed by atoms with Gasteiger partial charge in [0, 0.05) is 42.4 Å². The topological polar surface area (TPSA) is 57.8 Å². The standard InChI is InChI=1S/C31H33N3O/c1-31(2)20-26-29(27(35)21-31)25(18-23-12-7-4-8-13-23)30(34-26)24-15-17-33-28(19-24)32-16-9-14-22-10-5-3-6-11-22/h3-8,10-13,15,17,19,34H,9,14,16,18,20-21H2,1-2H3,(H,32,33). The maximum absolute atomic E-state index is 13.3. The summed E-state index contributed by atoms with van der Waals surface area (Å²) in [5.74, 6) is 1.11. The molecule has 0 saturated heterocycles. The van der Waals surface area contributed by atoms with E-state index in [1.807, 2.05) is 18.3 Å². The lowest BCUT2D eigenvalue weighted by Gasteiger charge is -2.28. The SMILES string of the molecule is CC1(C)CC(=O)c2c([nH]c(-c3ccnc(NCCCc4ccccc4)c3)c2Cc2ccccc2)C1. The van der Waals surface area contributed by atoms with E-state index < -0.39 is 0 Å². The Labute approximate surface area is 207 Å². The van der Waals surface area contributed by atoms with Crippen molar-refractivity contribution in [3.05, 3.63) is 107 Å². The number of aromatic nitrogens is 2. The molecular weight excluding hydrogens is 430 g/mol. The first-order valence-electron chi connectivity index (χ1n) is 12.5. The lowest BCUT2D eigenvalue weighted by atomic mass is 9.75. The molecule has 0 atom stereocenters. The van der Waals surface area contributed by atoms with Gasteiger partial charge in [-0.25, -0.2) is 4.98 Å². The average molecular weight is 464 g/mol. The fraction of sp³-hybridized carbons (Fsp3) is 0.290. The predicted molar refractivity (Wildman–Crippen MR) is 143 cm³/mol. The Hall–Kier alpha value is -3.66. The fourth-order valence-corrected chi connectivity index (χ4v) is 5.19. The van der Waals surface area contributed by atoms with E-state index in [0.717, 1.165) is 66.1 Å². The Morgan fingerprint density at radius 2 is 1.66 bits per heavy atom. The van der Waals surface area contributed by atoms with Crippen LogP contribution in [0.5, 0.6) is 0 Å². The van der Waals surface area contributed by atoms with E-state index in [1.54, 1.807) is 0 Å². The lowest BCUT2D eigenvalue weighted by Crippen LogP contribution is -2.27. The van der Waals surface area contributed by atoms with Crippen molar-refractivity contribution in [3.63, 3.8) is 0 Å². The largest absolute Gasteiger partial charge is 0.370 e. The second kappa shape index (κ2) is 9.91. The Kier molecular flexibility index (Phi) is 6.54. The highest BCUT2D eigenvalue weighted by molar-refractivity contribution is 6.02. The third-order valence-corrected chi connectivity index (χ3v) is 6.82. The molecule has 178 valence electrons. The van der Waals surface area contributed by atoms with Crippen LogP contribution in [0, 0.1) is 5.41 Å². The highest BCUT2D eigenvalue weighted by Gasteiger charge is 2.35. The molecule has 4 aromatic rings. The van der Waals surface area contributed by atoms with Crippen LogP contribution >= 0.6 is 0 Å². The van der Waals surface area contributed by atoms with Crippen LogP contribution in [0.1, 0.15) is 59.4 Å². The van der Waals surface area contributed by atoms with Crippen LogP contribution in [0.2, 0.25) is 0 Å². The summed E-state index contributed by atoms with van der Waals surface area (Å²) in [6, 6.07) is 25.1. The summed E-state index contributed by atoms with van der Waals surface area (Å²) in [5, 5.41) is 3.49. The molecule has 4 heteroatoms. The van der Waals surface area contributed by atoms with E-state index >= 15 is 0 Å². The van der Waals surface area contributed by atoms with Gasteiger partial charge in [-0.15, -0.1) is 0 Å². The van der Waals surface area contributed by atoms with Crippen molar-refractivity contribution in [2.24, 2.45) is 5.41 Å². The van der Waals surface area contributed by atoms with Crippen molar-refractivity contribution in [2.45, 2.75) is 46.0 Å². The Morgan fingerprint density at radius 3 is 2.40 bits per heavy atom. The molecule has 0 unspecified atom stereocenters. The minimum absolute atomic E-state index is 0.0278. The Balaban J connectivity index is 1.41.